The molecule has 0 bridgehead atoms. The second-order valence-corrected chi connectivity index (χ2v) is 3.54. The van der Waals surface area contributed by atoms with E-state index in [2.05, 4.69) is 4.52 Å². The van der Waals surface area contributed by atoms with Crippen molar-refractivity contribution < 1.29 is 18.4 Å². The summed E-state index contributed by atoms with van der Waals surface area (Å²) in [4.78, 5) is 8.39. The maximum absolute atomic E-state index is 12.6. The number of rotatable bonds is 2. The van der Waals surface area contributed by atoms with E-state index in [0.29, 0.717) is 12.8 Å². The predicted octanol–water partition coefficient (Wildman–Crippen LogP) is 1.67. The monoisotopic (exact) mass is 182 g/mol. The highest BCUT2D eigenvalue weighted by molar-refractivity contribution is 7.32. The predicted molar refractivity (Wildman–Crippen MR) is 39.5 cm³/mol. The van der Waals surface area contributed by atoms with Gasteiger partial charge in [-0.05, 0) is 19.3 Å². The molecule has 11 heavy (non-hydrogen) atoms. The average molecular weight is 182 g/mol. The van der Waals surface area contributed by atoms with Crippen LogP contribution in [0.25, 0.3) is 0 Å². The van der Waals surface area contributed by atoms with Gasteiger partial charge in [-0.1, -0.05) is 0 Å². The van der Waals surface area contributed by atoms with Crippen molar-refractivity contribution >= 4 is 8.25 Å². The van der Waals surface area contributed by atoms with Crippen LogP contribution in [0.5, 0.6) is 0 Å². The minimum absolute atomic E-state index is 0.275. The summed E-state index contributed by atoms with van der Waals surface area (Å²) < 4.78 is 27.5. The summed E-state index contributed by atoms with van der Waals surface area (Å²) in [5.41, 5.74) is 0. The van der Waals surface area contributed by atoms with Crippen molar-refractivity contribution in [2.24, 2.45) is 0 Å². The molecule has 1 aliphatic rings. The largest absolute Gasteiger partial charge is 0.326 e. The Bertz CT molecular complexity index is 153. The van der Waals surface area contributed by atoms with Crippen LogP contribution in [-0.2, 0) is 9.09 Å². The van der Waals surface area contributed by atoms with Gasteiger partial charge in [-0.3, -0.25) is 4.57 Å². The topological polar surface area (TPSA) is 46.5 Å². The molecule has 1 N–H and O–H groups in total. The van der Waals surface area contributed by atoms with Crippen molar-refractivity contribution in [2.45, 2.75) is 38.0 Å². The highest BCUT2D eigenvalue weighted by Gasteiger charge is 2.22. The van der Waals surface area contributed by atoms with E-state index in [9.17, 15) is 8.96 Å². The van der Waals surface area contributed by atoms with Gasteiger partial charge in [0.25, 0.3) is 0 Å². The molecule has 0 aliphatic heterocycles. The summed E-state index contributed by atoms with van der Waals surface area (Å²) in [5, 5.41) is 0. The average Bonchev–Trinajstić information content (AvgIpc) is 1.85. The standard InChI is InChI=1S/C6H12FO3P/c7-5-2-1-3-6(4-5)10-11(8)9/h5-6,11H,1-4H2,(H,8,9). The van der Waals surface area contributed by atoms with Crippen molar-refractivity contribution in [3.05, 3.63) is 0 Å². The van der Waals surface area contributed by atoms with Crippen LogP contribution in [0.2, 0.25) is 0 Å². The first kappa shape index (κ1) is 9.17. The van der Waals surface area contributed by atoms with Crippen molar-refractivity contribution in [1.29, 1.82) is 0 Å². The van der Waals surface area contributed by atoms with E-state index in [0.717, 1.165) is 6.42 Å². The summed E-state index contributed by atoms with van der Waals surface area (Å²) in [5.74, 6) is 0. The summed E-state index contributed by atoms with van der Waals surface area (Å²) >= 11 is 0. The molecule has 3 atom stereocenters. The fourth-order valence-corrected chi connectivity index (χ4v) is 1.84. The third-order valence-corrected chi connectivity index (χ3v) is 2.36. The van der Waals surface area contributed by atoms with Gasteiger partial charge >= 0.3 is 8.25 Å². The molecular formula is C6H12FO3P. The maximum atomic E-state index is 12.6. The van der Waals surface area contributed by atoms with E-state index < -0.39 is 14.4 Å². The Morgan fingerprint density at radius 3 is 2.82 bits per heavy atom. The summed E-state index contributed by atoms with van der Waals surface area (Å²) in [6, 6.07) is 0. The minimum atomic E-state index is -2.87. The van der Waals surface area contributed by atoms with E-state index in [1.165, 1.54) is 0 Å². The molecule has 0 amide bonds. The Hall–Kier alpha value is 0.0800. The molecule has 1 aliphatic carbocycles. The second kappa shape index (κ2) is 4.19. The molecule has 0 heterocycles. The zero-order valence-corrected chi connectivity index (χ0v) is 7.12. The lowest BCUT2D eigenvalue weighted by molar-refractivity contribution is 0.0993. The Kier molecular flexibility index (Phi) is 3.49. The Balaban J connectivity index is 2.28. The zero-order chi connectivity index (χ0) is 8.27. The van der Waals surface area contributed by atoms with Crippen LogP contribution in [0.15, 0.2) is 0 Å². The summed E-state index contributed by atoms with van der Waals surface area (Å²) in [6.07, 6.45) is 1.10. The summed E-state index contributed by atoms with van der Waals surface area (Å²) in [6.45, 7) is 0. The van der Waals surface area contributed by atoms with Crippen LogP contribution in [0, 0.1) is 0 Å². The van der Waals surface area contributed by atoms with Crippen LogP contribution < -0.4 is 0 Å². The Morgan fingerprint density at radius 2 is 2.27 bits per heavy atom. The van der Waals surface area contributed by atoms with Gasteiger partial charge in [-0.15, -0.1) is 0 Å². The SMILES string of the molecule is O=[PH](O)OC1CCCC(F)C1. The summed E-state index contributed by atoms with van der Waals surface area (Å²) in [7, 11) is -2.87. The normalized spacial score (nSPS) is 35.1. The van der Waals surface area contributed by atoms with Crippen molar-refractivity contribution in [3.8, 4) is 0 Å². The zero-order valence-electron chi connectivity index (χ0n) is 6.12. The third-order valence-electron chi connectivity index (χ3n) is 1.83. The molecule has 3 nitrogen and oxygen atoms in total. The quantitative estimate of drug-likeness (QED) is 0.660. The van der Waals surface area contributed by atoms with Gasteiger partial charge in [0.05, 0.1) is 6.10 Å². The Morgan fingerprint density at radius 1 is 1.55 bits per heavy atom. The second-order valence-electron chi connectivity index (χ2n) is 2.77. The maximum Gasteiger partial charge on any atom is 0.316 e. The molecule has 1 rings (SSSR count). The first-order valence-electron chi connectivity index (χ1n) is 3.72. The van der Waals surface area contributed by atoms with Crippen molar-refractivity contribution in [2.75, 3.05) is 0 Å². The molecule has 66 valence electrons. The highest BCUT2D eigenvalue weighted by Crippen LogP contribution is 2.29. The van der Waals surface area contributed by atoms with Crippen LogP contribution in [0.3, 0.4) is 0 Å². The fraction of sp³-hybridized carbons (Fsp3) is 1.00. The van der Waals surface area contributed by atoms with Crippen LogP contribution in [0.4, 0.5) is 4.39 Å². The first-order chi connectivity index (χ1) is 5.18. The molecule has 5 heteroatoms. The number of alkyl halides is 1. The van der Waals surface area contributed by atoms with E-state index in [1.54, 1.807) is 0 Å². The molecular weight excluding hydrogens is 170 g/mol. The number of hydrogen-bond donors (Lipinski definition) is 1. The van der Waals surface area contributed by atoms with Crippen molar-refractivity contribution in [3.63, 3.8) is 0 Å². The molecule has 1 fully saturated rings. The van der Waals surface area contributed by atoms with Gasteiger partial charge in [-0.2, -0.15) is 0 Å². The van der Waals surface area contributed by atoms with E-state index >= 15 is 0 Å². The van der Waals surface area contributed by atoms with E-state index in [4.69, 9.17) is 4.89 Å². The van der Waals surface area contributed by atoms with Gasteiger partial charge in [0.2, 0.25) is 0 Å². The first-order valence-corrected chi connectivity index (χ1v) is 4.98. The van der Waals surface area contributed by atoms with Crippen LogP contribution >= 0.6 is 8.25 Å². The number of halogens is 1. The van der Waals surface area contributed by atoms with Gasteiger partial charge in [0.1, 0.15) is 6.17 Å². The van der Waals surface area contributed by atoms with E-state index in [1.807, 2.05) is 0 Å². The number of hydrogen-bond acceptors (Lipinski definition) is 2. The lowest BCUT2D eigenvalue weighted by atomic mass is 9.96. The van der Waals surface area contributed by atoms with Crippen LogP contribution in [-0.4, -0.2) is 17.2 Å². The lowest BCUT2D eigenvalue weighted by Gasteiger charge is -2.22. The smallest absolute Gasteiger partial charge is 0.316 e. The van der Waals surface area contributed by atoms with Gasteiger partial charge in [-0.25, -0.2) is 4.39 Å². The van der Waals surface area contributed by atoms with E-state index in [-0.39, 0.29) is 12.5 Å². The molecule has 1 saturated carbocycles. The third kappa shape index (κ3) is 3.32. The minimum Gasteiger partial charge on any atom is -0.326 e. The fourth-order valence-electron chi connectivity index (χ4n) is 1.34. The molecule has 0 spiro atoms. The molecule has 3 unspecified atom stereocenters. The van der Waals surface area contributed by atoms with Gasteiger partial charge in [0, 0.05) is 6.42 Å². The van der Waals surface area contributed by atoms with Gasteiger partial charge < -0.3 is 9.42 Å². The molecule has 0 saturated heterocycles. The highest BCUT2D eigenvalue weighted by atomic mass is 31.1. The Labute approximate surface area is 65.5 Å². The lowest BCUT2D eigenvalue weighted by Crippen LogP contribution is -2.21. The molecule has 0 aromatic carbocycles. The van der Waals surface area contributed by atoms with Crippen LogP contribution in [0.1, 0.15) is 25.7 Å². The molecule has 0 radical (unpaired) electrons. The van der Waals surface area contributed by atoms with Gasteiger partial charge in [0.15, 0.2) is 0 Å². The van der Waals surface area contributed by atoms with Crippen molar-refractivity contribution in [1.82, 2.24) is 0 Å². The molecule has 0 aromatic heterocycles. The molecule has 0 aromatic rings.